The highest BCUT2D eigenvalue weighted by Crippen LogP contribution is 2.51. The van der Waals surface area contributed by atoms with Crippen molar-refractivity contribution in [2.24, 2.45) is 0 Å². The first-order valence-electron chi connectivity index (χ1n) is 5.80. The Kier molecular flexibility index (Phi) is 1.53. The lowest BCUT2D eigenvalue weighted by molar-refractivity contribution is 0.0571. The number of rotatable bonds is 0. The van der Waals surface area contributed by atoms with Crippen molar-refractivity contribution in [3.05, 3.63) is 52.8 Å². The highest BCUT2D eigenvalue weighted by atomic mass is 16.3. The van der Waals surface area contributed by atoms with Crippen LogP contribution in [0.5, 0.6) is 0 Å². The molecule has 0 spiro atoms. The molecule has 0 fully saturated rings. The first-order chi connectivity index (χ1) is 8.22. The van der Waals surface area contributed by atoms with E-state index in [1.165, 1.54) is 11.1 Å². The Hall–Kier alpha value is -1.65. The van der Waals surface area contributed by atoms with Gasteiger partial charge in [0.25, 0.3) is 0 Å². The van der Waals surface area contributed by atoms with Gasteiger partial charge in [0.15, 0.2) is 0 Å². The van der Waals surface area contributed by atoms with Gasteiger partial charge in [-0.2, -0.15) is 5.10 Å². The average Bonchev–Trinajstić information content (AvgIpc) is 2.91. The van der Waals surface area contributed by atoms with Gasteiger partial charge in [0.05, 0.1) is 17.3 Å². The molecule has 3 unspecified atom stereocenters. The van der Waals surface area contributed by atoms with Crippen molar-refractivity contribution in [1.82, 2.24) is 15.5 Å². The van der Waals surface area contributed by atoms with E-state index in [0.29, 0.717) is 0 Å². The third-order valence-electron chi connectivity index (χ3n) is 4.09. The average molecular weight is 227 g/mol. The molecule has 3 N–H and O–H groups in total. The highest BCUT2D eigenvalue weighted by molar-refractivity contribution is 5.52. The van der Waals surface area contributed by atoms with Crippen LogP contribution in [0.2, 0.25) is 0 Å². The summed E-state index contributed by atoms with van der Waals surface area (Å²) in [6.07, 6.45) is 1.27. The number of benzene rings is 1. The van der Waals surface area contributed by atoms with Gasteiger partial charge < -0.3 is 5.11 Å². The Bertz CT molecular complexity index is 606. The number of aromatic nitrogens is 2. The second kappa shape index (κ2) is 2.78. The minimum atomic E-state index is -0.608. The van der Waals surface area contributed by atoms with Crippen LogP contribution < -0.4 is 5.32 Å². The Morgan fingerprint density at radius 1 is 1.29 bits per heavy atom. The first-order valence-corrected chi connectivity index (χ1v) is 5.80. The summed E-state index contributed by atoms with van der Waals surface area (Å²) in [5, 5.41) is 21.1. The number of hydrogen-bond acceptors (Lipinski definition) is 3. The van der Waals surface area contributed by atoms with E-state index in [4.69, 9.17) is 0 Å². The lowest BCUT2D eigenvalue weighted by atomic mass is 9.85. The molecule has 2 aliphatic heterocycles. The molecule has 0 radical (unpaired) electrons. The zero-order valence-corrected chi connectivity index (χ0v) is 9.44. The van der Waals surface area contributed by atoms with Gasteiger partial charge in [0, 0.05) is 11.8 Å². The molecule has 0 saturated heterocycles. The van der Waals surface area contributed by atoms with Crippen LogP contribution in [0.1, 0.15) is 41.5 Å². The second-order valence-electron chi connectivity index (χ2n) is 5.00. The summed E-state index contributed by atoms with van der Waals surface area (Å²) in [6.45, 7) is 2.04. The van der Waals surface area contributed by atoms with Crippen molar-refractivity contribution in [1.29, 1.82) is 0 Å². The molecular formula is C13H13N3O. The van der Waals surface area contributed by atoms with Crippen LogP contribution in [0.4, 0.5) is 0 Å². The molecule has 3 atom stereocenters. The monoisotopic (exact) mass is 227 g/mol. The molecule has 4 nitrogen and oxygen atoms in total. The predicted molar refractivity (Wildman–Crippen MR) is 62.3 cm³/mol. The van der Waals surface area contributed by atoms with Gasteiger partial charge in [0.2, 0.25) is 0 Å². The van der Waals surface area contributed by atoms with Gasteiger partial charge in [-0.05, 0) is 18.1 Å². The predicted octanol–water partition coefficient (Wildman–Crippen LogP) is 1.36. The normalized spacial score (nSPS) is 33.3. The zero-order valence-electron chi connectivity index (χ0n) is 9.44. The number of aliphatic hydroxyl groups is 1. The number of hydrogen-bond donors (Lipinski definition) is 3. The Morgan fingerprint density at radius 3 is 3.00 bits per heavy atom. The van der Waals surface area contributed by atoms with E-state index < -0.39 is 11.6 Å². The van der Waals surface area contributed by atoms with Crippen LogP contribution in [0.15, 0.2) is 30.5 Å². The van der Waals surface area contributed by atoms with E-state index in [0.717, 1.165) is 11.3 Å². The minimum Gasteiger partial charge on any atom is -0.384 e. The van der Waals surface area contributed by atoms with Crippen molar-refractivity contribution in [2.75, 3.05) is 0 Å². The number of aliphatic hydroxyl groups excluding tert-OH is 1. The quantitative estimate of drug-likeness (QED) is 0.637. The van der Waals surface area contributed by atoms with Gasteiger partial charge in [0.1, 0.15) is 6.10 Å². The molecule has 17 heavy (non-hydrogen) atoms. The van der Waals surface area contributed by atoms with Crippen molar-refractivity contribution in [2.45, 2.75) is 24.6 Å². The van der Waals surface area contributed by atoms with E-state index in [1.54, 1.807) is 0 Å². The molecule has 1 aromatic carbocycles. The molecule has 4 heteroatoms. The van der Waals surface area contributed by atoms with Gasteiger partial charge in [-0.3, -0.25) is 10.4 Å². The van der Waals surface area contributed by atoms with E-state index in [1.807, 2.05) is 25.3 Å². The van der Waals surface area contributed by atoms with E-state index in [2.05, 4.69) is 27.6 Å². The van der Waals surface area contributed by atoms with Gasteiger partial charge >= 0.3 is 0 Å². The van der Waals surface area contributed by atoms with E-state index in [9.17, 15) is 5.11 Å². The largest absolute Gasteiger partial charge is 0.384 e. The standard InChI is InChI=1S/C13H13N3O/c1-13-9-5-3-2-4-7(9)10(15-13)8-6-14-16-11(8)12(13)17/h2-6,10,12,15,17H,1H3,(H,14,16). The number of aromatic amines is 1. The summed E-state index contributed by atoms with van der Waals surface area (Å²) in [7, 11) is 0. The lowest BCUT2D eigenvalue weighted by Crippen LogP contribution is -2.45. The van der Waals surface area contributed by atoms with Crippen LogP contribution in [-0.4, -0.2) is 15.3 Å². The molecule has 3 heterocycles. The van der Waals surface area contributed by atoms with Crippen molar-refractivity contribution in [3.8, 4) is 0 Å². The van der Waals surface area contributed by atoms with Crippen molar-refractivity contribution in [3.63, 3.8) is 0 Å². The van der Waals surface area contributed by atoms with Crippen LogP contribution in [0.3, 0.4) is 0 Å². The maximum Gasteiger partial charge on any atom is 0.120 e. The smallest absolute Gasteiger partial charge is 0.120 e. The van der Waals surface area contributed by atoms with E-state index in [-0.39, 0.29) is 6.04 Å². The van der Waals surface area contributed by atoms with Crippen LogP contribution in [0.25, 0.3) is 0 Å². The molecule has 2 bridgehead atoms. The summed E-state index contributed by atoms with van der Waals surface area (Å²) in [5.41, 5.74) is 3.82. The number of nitrogens with zero attached hydrogens (tertiary/aromatic N) is 1. The summed E-state index contributed by atoms with van der Waals surface area (Å²) >= 11 is 0. The zero-order chi connectivity index (χ0) is 11.6. The summed E-state index contributed by atoms with van der Waals surface area (Å²) < 4.78 is 0. The third kappa shape index (κ3) is 0.936. The third-order valence-corrected chi connectivity index (χ3v) is 4.09. The van der Waals surface area contributed by atoms with Crippen LogP contribution in [0, 0.1) is 0 Å². The molecule has 4 rings (SSSR count). The van der Waals surface area contributed by atoms with Crippen LogP contribution in [-0.2, 0) is 5.54 Å². The number of nitrogens with one attached hydrogen (secondary N) is 2. The summed E-state index contributed by atoms with van der Waals surface area (Å²) in [6, 6.07) is 8.40. The fourth-order valence-electron chi connectivity index (χ4n) is 3.18. The summed E-state index contributed by atoms with van der Waals surface area (Å²) in [5.74, 6) is 0. The second-order valence-corrected chi connectivity index (χ2v) is 5.00. The Labute approximate surface area is 98.7 Å². The molecule has 0 aliphatic carbocycles. The summed E-state index contributed by atoms with van der Waals surface area (Å²) in [4.78, 5) is 0. The molecule has 1 aromatic heterocycles. The maximum atomic E-state index is 10.5. The van der Waals surface area contributed by atoms with Gasteiger partial charge in [-0.15, -0.1) is 0 Å². The van der Waals surface area contributed by atoms with Gasteiger partial charge in [-0.1, -0.05) is 24.3 Å². The first kappa shape index (κ1) is 9.39. The SMILES string of the molecule is CC12NC(c3ccccc31)c1c[nH]nc1C2O. The lowest BCUT2D eigenvalue weighted by Gasteiger charge is -2.35. The number of fused-ring (bicyclic) bond motifs is 7. The molecule has 2 aromatic rings. The molecule has 0 saturated carbocycles. The fraction of sp³-hybridized carbons (Fsp3) is 0.308. The molecular weight excluding hydrogens is 214 g/mol. The molecule has 86 valence electrons. The molecule has 2 aliphatic rings. The highest BCUT2D eigenvalue weighted by Gasteiger charge is 2.51. The minimum absolute atomic E-state index is 0.147. The maximum absolute atomic E-state index is 10.5. The number of H-pyrrole nitrogens is 1. The molecule has 0 amide bonds. The fourth-order valence-corrected chi connectivity index (χ4v) is 3.18. The van der Waals surface area contributed by atoms with Crippen molar-refractivity contribution < 1.29 is 5.11 Å². The Balaban J connectivity index is 2.07. The van der Waals surface area contributed by atoms with Crippen LogP contribution >= 0.6 is 0 Å². The topological polar surface area (TPSA) is 60.9 Å². The van der Waals surface area contributed by atoms with Gasteiger partial charge in [-0.25, -0.2) is 0 Å². The van der Waals surface area contributed by atoms with E-state index >= 15 is 0 Å². The van der Waals surface area contributed by atoms with Crippen molar-refractivity contribution >= 4 is 0 Å². The Morgan fingerprint density at radius 2 is 2.12 bits per heavy atom.